The zero-order chi connectivity index (χ0) is 12.4. The molecular weight excluding hydrogens is 284 g/mol. The lowest BCUT2D eigenvalue weighted by atomic mass is 10.3. The minimum absolute atomic E-state index is 0.131. The fourth-order valence-electron chi connectivity index (χ4n) is 1.40. The summed E-state index contributed by atoms with van der Waals surface area (Å²) in [5.74, 6) is 0.765. The molecule has 90 valence electrons. The Labute approximate surface area is 108 Å². The maximum absolute atomic E-state index is 5.75. The van der Waals surface area contributed by atoms with Gasteiger partial charge in [-0.2, -0.15) is 0 Å². The first kappa shape index (κ1) is 12.1. The van der Waals surface area contributed by atoms with E-state index in [1.807, 2.05) is 31.3 Å². The van der Waals surface area contributed by atoms with E-state index in [2.05, 4.69) is 26.2 Å². The van der Waals surface area contributed by atoms with Crippen molar-refractivity contribution in [3.8, 4) is 11.4 Å². The number of hydrogen-bond acceptors (Lipinski definition) is 4. The van der Waals surface area contributed by atoms with Crippen molar-refractivity contribution in [3.05, 3.63) is 34.6 Å². The summed E-state index contributed by atoms with van der Waals surface area (Å²) >= 11 is 3.47. The number of hydrogen-bond donors (Lipinski definition) is 1. The van der Waals surface area contributed by atoms with Crippen LogP contribution in [0.1, 0.15) is 18.7 Å². The molecule has 1 atom stereocenters. The van der Waals surface area contributed by atoms with Crippen LogP contribution in [0.4, 0.5) is 0 Å². The number of nitrogens with zero attached hydrogens (tertiary/aromatic N) is 3. The molecule has 2 N–H and O–H groups in total. The van der Waals surface area contributed by atoms with Crippen molar-refractivity contribution in [2.45, 2.75) is 13.0 Å². The monoisotopic (exact) mass is 296 g/mol. The summed E-state index contributed by atoms with van der Waals surface area (Å²) in [4.78, 5) is 0. The average Bonchev–Trinajstić information content (AvgIpc) is 2.79. The molecule has 0 spiro atoms. The van der Waals surface area contributed by atoms with Crippen LogP contribution >= 0.6 is 15.9 Å². The van der Waals surface area contributed by atoms with Crippen LogP contribution < -0.4 is 10.5 Å². The Kier molecular flexibility index (Phi) is 3.44. The molecule has 17 heavy (non-hydrogen) atoms. The van der Waals surface area contributed by atoms with E-state index in [1.54, 1.807) is 11.8 Å². The van der Waals surface area contributed by atoms with Gasteiger partial charge in [-0.15, -0.1) is 5.10 Å². The lowest BCUT2D eigenvalue weighted by Gasteiger charge is -2.06. The fourth-order valence-corrected chi connectivity index (χ4v) is 1.83. The average molecular weight is 297 g/mol. The molecule has 0 radical (unpaired) electrons. The second-order valence-electron chi connectivity index (χ2n) is 3.69. The first-order valence-corrected chi connectivity index (χ1v) is 5.93. The van der Waals surface area contributed by atoms with E-state index in [1.165, 1.54) is 0 Å². The van der Waals surface area contributed by atoms with E-state index in [-0.39, 0.29) is 6.04 Å². The second-order valence-corrected chi connectivity index (χ2v) is 4.55. The van der Waals surface area contributed by atoms with Gasteiger partial charge in [-0.25, -0.2) is 4.68 Å². The van der Waals surface area contributed by atoms with Crippen LogP contribution in [0, 0.1) is 0 Å². The highest BCUT2D eigenvalue weighted by molar-refractivity contribution is 9.10. The molecule has 0 aliphatic heterocycles. The Balaban J connectivity index is 2.44. The maximum atomic E-state index is 5.75. The quantitative estimate of drug-likeness (QED) is 0.941. The van der Waals surface area contributed by atoms with Crippen LogP contribution in [0.3, 0.4) is 0 Å². The molecule has 2 aromatic rings. The standard InChI is InChI=1S/C11H13BrN4O/c1-7(13)10-6-16(15-14-10)11-5-8(17-2)3-4-9(11)12/h3-7H,13H2,1-2H3. The van der Waals surface area contributed by atoms with Crippen LogP contribution in [0.25, 0.3) is 5.69 Å². The number of methoxy groups -OCH3 is 1. The van der Waals surface area contributed by atoms with Gasteiger partial charge in [0.25, 0.3) is 0 Å². The minimum Gasteiger partial charge on any atom is -0.497 e. The predicted molar refractivity (Wildman–Crippen MR) is 68.2 cm³/mol. The summed E-state index contributed by atoms with van der Waals surface area (Å²) in [6, 6.07) is 5.52. The fraction of sp³-hybridized carbons (Fsp3) is 0.273. The maximum Gasteiger partial charge on any atom is 0.121 e. The van der Waals surface area contributed by atoms with Gasteiger partial charge in [0.2, 0.25) is 0 Å². The van der Waals surface area contributed by atoms with Gasteiger partial charge in [0.05, 0.1) is 24.7 Å². The molecule has 0 bridgehead atoms. The molecule has 1 aromatic heterocycles. The topological polar surface area (TPSA) is 66.0 Å². The minimum atomic E-state index is -0.131. The Morgan fingerprint density at radius 3 is 2.82 bits per heavy atom. The SMILES string of the molecule is COc1ccc(Br)c(-n2cc(C(C)N)nn2)c1. The van der Waals surface area contributed by atoms with Crippen LogP contribution in [0.5, 0.6) is 5.75 Å². The number of aromatic nitrogens is 3. The molecule has 5 nitrogen and oxygen atoms in total. The van der Waals surface area contributed by atoms with E-state index in [0.717, 1.165) is 21.6 Å². The molecule has 1 unspecified atom stereocenters. The van der Waals surface area contributed by atoms with Crippen molar-refractivity contribution in [1.29, 1.82) is 0 Å². The number of nitrogens with two attached hydrogens (primary N) is 1. The molecule has 1 aromatic carbocycles. The summed E-state index contributed by atoms with van der Waals surface area (Å²) in [6.07, 6.45) is 1.81. The number of rotatable bonds is 3. The summed E-state index contributed by atoms with van der Waals surface area (Å²) in [5, 5.41) is 8.06. The Hall–Kier alpha value is -1.40. The number of benzene rings is 1. The summed E-state index contributed by atoms with van der Waals surface area (Å²) in [5.41, 5.74) is 7.36. The molecule has 1 heterocycles. The van der Waals surface area contributed by atoms with Gasteiger partial charge in [0.1, 0.15) is 5.75 Å². The molecular formula is C11H13BrN4O. The zero-order valence-corrected chi connectivity index (χ0v) is 11.2. The first-order valence-electron chi connectivity index (χ1n) is 5.13. The molecule has 0 saturated heterocycles. The smallest absolute Gasteiger partial charge is 0.121 e. The number of halogens is 1. The Morgan fingerprint density at radius 1 is 1.47 bits per heavy atom. The predicted octanol–water partition coefficient (Wildman–Crippen LogP) is 2.06. The van der Waals surface area contributed by atoms with Gasteiger partial charge in [-0.05, 0) is 35.0 Å². The normalized spacial score (nSPS) is 12.5. The highest BCUT2D eigenvalue weighted by Crippen LogP contribution is 2.25. The Morgan fingerprint density at radius 2 is 2.24 bits per heavy atom. The summed E-state index contributed by atoms with van der Waals surface area (Å²) < 4.78 is 7.77. The third-order valence-corrected chi connectivity index (χ3v) is 3.05. The van der Waals surface area contributed by atoms with E-state index in [9.17, 15) is 0 Å². The molecule has 6 heteroatoms. The van der Waals surface area contributed by atoms with Gasteiger partial charge in [0, 0.05) is 16.6 Å². The van der Waals surface area contributed by atoms with E-state index < -0.39 is 0 Å². The van der Waals surface area contributed by atoms with Crippen LogP contribution in [-0.2, 0) is 0 Å². The van der Waals surface area contributed by atoms with Gasteiger partial charge >= 0.3 is 0 Å². The second kappa shape index (κ2) is 4.85. The molecule has 0 amide bonds. The van der Waals surface area contributed by atoms with E-state index in [0.29, 0.717) is 0 Å². The largest absolute Gasteiger partial charge is 0.497 e. The third-order valence-electron chi connectivity index (χ3n) is 2.38. The van der Waals surface area contributed by atoms with Crippen molar-refractivity contribution in [2.75, 3.05) is 7.11 Å². The summed E-state index contributed by atoms with van der Waals surface area (Å²) in [7, 11) is 1.63. The first-order chi connectivity index (χ1) is 8.11. The molecule has 0 fully saturated rings. The lowest BCUT2D eigenvalue weighted by molar-refractivity contribution is 0.414. The van der Waals surface area contributed by atoms with Crippen molar-refractivity contribution < 1.29 is 4.74 Å². The highest BCUT2D eigenvalue weighted by Gasteiger charge is 2.09. The molecule has 0 aliphatic rings. The Bertz CT molecular complexity index is 524. The lowest BCUT2D eigenvalue weighted by Crippen LogP contribution is -2.04. The van der Waals surface area contributed by atoms with Crippen LogP contribution in [0.15, 0.2) is 28.9 Å². The van der Waals surface area contributed by atoms with Gasteiger partial charge in [-0.1, -0.05) is 5.21 Å². The molecule has 0 saturated carbocycles. The summed E-state index contributed by atoms with van der Waals surface area (Å²) in [6.45, 7) is 1.87. The van der Waals surface area contributed by atoms with Crippen molar-refractivity contribution in [3.63, 3.8) is 0 Å². The van der Waals surface area contributed by atoms with E-state index in [4.69, 9.17) is 10.5 Å². The van der Waals surface area contributed by atoms with Crippen molar-refractivity contribution in [1.82, 2.24) is 15.0 Å². The van der Waals surface area contributed by atoms with Crippen LogP contribution in [0.2, 0.25) is 0 Å². The third kappa shape index (κ3) is 2.48. The zero-order valence-electron chi connectivity index (χ0n) is 9.59. The van der Waals surface area contributed by atoms with Gasteiger partial charge in [0.15, 0.2) is 0 Å². The molecule has 2 rings (SSSR count). The van der Waals surface area contributed by atoms with E-state index >= 15 is 0 Å². The molecule has 0 aliphatic carbocycles. The van der Waals surface area contributed by atoms with Crippen molar-refractivity contribution >= 4 is 15.9 Å². The van der Waals surface area contributed by atoms with Crippen molar-refractivity contribution in [2.24, 2.45) is 5.73 Å². The van der Waals surface area contributed by atoms with Crippen LogP contribution in [-0.4, -0.2) is 22.1 Å². The van der Waals surface area contributed by atoms with Gasteiger partial charge < -0.3 is 10.5 Å². The van der Waals surface area contributed by atoms with Gasteiger partial charge in [-0.3, -0.25) is 0 Å². The number of ether oxygens (including phenoxy) is 1. The highest BCUT2D eigenvalue weighted by atomic mass is 79.9.